The van der Waals surface area contributed by atoms with Crippen molar-refractivity contribution in [2.75, 3.05) is 18.9 Å². The van der Waals surface area contributed by atoms with Gasteiger partial charge in [0.15, 0.2) is 16.9 Å². The molecule has 8 nitrogen and oxygen atoms in total. The van der Waals surface area contributed by atoms with E-state index in [2.05, 4.69) is 9.72 Å². The second-order valence-corrected chi connectivity index (χ2v) is 15.1. The molecule has 5 rings (SSSR count). The number of halogens is 5. The molecule has 238 valence electrons. The van der Waals surface area contributed by atoms with Crippen LogP contribution in [0, 0.1) is 11.8 Å². The minimum Gasteiger partial charge on any atom is -0.489 e. The molecule has 2 heterocycles. The molecule has 1 saturated carbocycles. The molecule has 2 aliphatic carbocycles. The van der Waals surface area contributed by atoms with E-state index >= 15 is 0 Å². The zero-order chi connectivity index (χ0) is 31.6. The van der Waals surface area contributed by atoms with Crippen LogP contribution in [0.4, 0.5) is 8.78 Å². The van der Waals surface area contributed by atoms with Gasteiger partial charge in [-0.05, 0) is 60.1 Å². The molecular weight excluding hydrogens is 681 g/mol. The summed E-state index contributed by atoms with van der Waals surface area (Å²) in [6, 6.07) is 4.26. The molecule has 0 radical (unpaired) electrons. The summed E-state index contributed by atoms with van der Waals surface area (Å²) in [6.07, 6.45) is 8.48. The van der Waals surface area contributed by atoms with E-state index in [4.69, 9.17) is 44.3 Å². The van der Waals surface area contributed by atoms with Gasteiger partial charge in [0.2, 0.25) is 10.0 Å². The smallest absolute Gasteiger partial charge is 0.387 e. The van der Waals surface area contributed by atoms with Crippen molar-refractivity contribution in [3.8, 4) is 11.5 Å². The summed E-state index contributed by atoms with van der Waals surface area (Å²) in [5.41, 5.74) is 0.813. The van der Waals surface area contributed by atoms with Crippen LogP contribution in [0.15, 0.2) is 53.9 Å². The molecule has 0 N–H and O–H groups in total. The van der Waals surface area contributed by atoms with Gasteiger partial charge >= 0.3 is 12.6 Å². The molecule has 1 aliphatic heterocycles. The maximum absolute atomic E-state index is 13.8. The van der Waals surface area contributed by atoms with Gasteiger partial charge in [-0.1, -0.05) is 53.9 Å². The first-order valence-electron chi connectivity index (χ1n) is 13.8. The van der Waals surface area contributed by atoms with Gasteiger partial charge < -0.3 is 14.2 Å². The number of benzene rings is 1. The van der Waals surface area contributed by atoms with E-state index in [0.717, 1.165) is 28.9 Å². The molecule has 15 heteroatoms. The molecule has 44 heavy (non-hydrogen) atoms. The van der Waals surface area contributed by atoms with Crippen LogP contribution in [0.3, 0.4) is 0 Å². The normalized spacial score (nSPS) is 23.0. The monoisotopic (exact) mass is 708 g/mol. The number of carbonyl (C=O) groups excluding carboxylic acids is 1. The largest absolute Gasteiger partial charge is 0.489 e. The average molecular weight is 710 g/mol. The van der Waals surface area contributed by atoms with Gasteiger partial charge in [-0.2, -0.15) is 13.1 Å². The zero-order valence-electron chi connectivity index (χ0n) is 23.4. The highest BCUT2D eigenvalue weighted by Gasteiger charge is 2.45. The fourth-order valence-corrected chi connectivity index (χ4v) is 9.31. The van der Waals surface area contributed by atoms with Gasteiger partial charge in [-0.25, -0.2) is 13.2 Å². The maximum atomic E-state index is 13.8. The molecule has 4 atom stereocenters. The Morgan fingerprint density at radius 1 is 1.16 bits per heavy atom. The lowest BCUT2D eigenvalue weighted by atomic mass is 10.0. The van der Waals surface area contributed by atoms with Crippen LogP contribution in [0.2, 0.25) is 10.0 Å². The van der Waals surface area contributed by atoms with Crippen molar-refractivity contribution in [2.24, 2.45) is 11.8 Å². The van der Waals surface area contributed by atoms with Gasteiger partial charge in [-0.3, -0.25) is 4.98 Å². The number of thioether (sulfide) groups is 1. The fraction of sp³-hybridized carbons (Fsp3) is 0.448. The molecule has 3 aliphatic rings. The first kappa shape index (κ1) is 33.3. The van der Waals surface area contributed by atoms with E-state index in [9.17, 15) is 22.0 Å². The molecule has 0 amide bonds. The maximum Gasteiger partial charge on any atom is 0.387 e. The molecule has 0 bridgehead atoms. The predicted octanol–water partition coefficient (Wildman–Crippen LogP) is 7.01. The number of pyridine rings is 1. The number of ether oxygens (including phenoxy) is 3. The Balaban J connectivity index is 1.45. The summed E-state index contributed by atoms with van der Waals surface area (Å²) in [6.45, 7) is -0.894. The topological polar surface area (TPSA) is 95.0 Å². The standard InChI is InChI=1S/C29H29Cl3F2N2O6S2/c1-16-2-6-19(30)11-26(16)44(38,39)36-8-9-43-27(36)28(37)41-24(12-20-21(31)13-35-14-22(20)32)18-5-7-23(42-29(33)34)25(10-18)40-15-17-3-4-17/h2,5-7,10-11,13-14,16-17,24,26-27,29H,3-4,8-9,12,15H2,1H3/t16?,24-,26?,27?/m0/s1. The summed E-state index contributed by atoms with van der Waals surface area (Å²) in [5, 5.41) is -1.36. The van der Waals surface area contributed by atoms with Crippen molar-refractivity contribution in [3.63, 3.8) is 0 Å². The van der Waals surface area contributed by atoms with Crippen molar-refractivity contribution < 1.29 is 36.2 Å². The predicted molar refractivity (Wildman–Crippen MR) is 166 cm³/mol. The lowest BCUT2D eigenvalue weighted by Gasteiger charge is -2.30. The lowest BCUT2D eigenvalue weighted by Crippen LogP contribution is -2.46. The van der Waals surface area contributed by atoms with E-state index in [1.165, 1.54) is 36.7 Å². The second-order valence-electron chi connectivity index (χ2n) is 10.7. The number of aromatic nitrogens is 1. The number of alkyl halides is 2. The van der Waals surface area contributed by atoms with Gasteiger partial charge in [0.1, 0.15) is 11.4 Å². The van der Waals surface area contributed by atoms with Crippen LogP contribution in [0.1, 0.15) is 37.0 Å². The summed E-state index contributed by atoms with van der Waals surface area (Å²) < 4.78 is 71.4. The highest BCUT2D eigenvalue weighted by atomic mass is 35.5. The summed E-state index contributed by atoms with van der Waals surface area (Å²) in [4.78, 5) is 17.7. The molecular formula is C29H29Cl3F2N2O6S2. The number of hydrogen-bond donors (Lipinski definition) is 0. The van der Waals surface area contributed by atoms with Gasteiger partial charge in [0.25, 0.3) is 0 Å². The third-order valence-corrected chi connectivity index (χ3v) is 12.0. The Morgan fingerprint density at radius 2 is 1.89 bits per heavy atom. The van der Waals surface area contributed by atoms with Crippen molar-refractivity contribution in [1.29, 1.82) is 0 Å². The van der Waals surface area contributed by atoms with E-state index in [1.54, 1.807) is 19.1 Å². The SMILES string of the molecule is CC1C=CC(Cl)=CC1S(=O)(=O)N1CCSC1C(=O)O[C@@H](Cc1c(Cl)cncc1Cl)c1ccc(OC(F)F)c(OCC2CC2)c1. The Labute approximate surface area is 273 Å². The number of rotatable bonds is 12. The minimum absolute atomic E-state index is 0.0179. The Hall–Kier alpha value is -2.09. The molecule has 1 aromatic carbocycles. The molecule has 0 spiro atoms. The van der Waals surface area contributed by atoms with Crippen LogP contribution in [0.5, 0.6) is 11.5 Å². The zero-order valence-corrected chi connectivity index (χ0v) is 27.3. The van der Waals surface area contributed by atoms with Gasteiger partial charge in [0.05, 0.1) is 16.7 Å². The highest BCUT2D eigenvalue weighted by Crippen LogP contribution is 2.40. The van der Waals surface area contributed by atoms with E-state index in [0.29, 0.717) is 34.4 Å². The number of carbonyl (C=O) groups is 1. The number of esters is 1. The average Bonchev–Trinajstić information content (AvgIpc) is 3.66. The van der Waals surface area contributed by atoms with Crippen molar-refractivity contribution in [3.05, 3.63) is 75.0 Å². The number of allylic oxidation sites excluding steroid dienone is 3. The second kappa shape index (κ2) is 14.1. The third-order valence-electron chi connectivity index (χ3n) is 7.45. The van der Waals surface area contributed by atoms with Crippen molar-refractivity contribution in [2.45, 2.75) is 49.5 Å². The number of sulfonamides is 1. The first-order valence-corrected chi connectivity index (χ1v) is 17.5. The first-order chi connectivity index (χ1) is 20.9. The Bertz CT molecular complexity index is 1540. The highest BCUT2D eigenvalue weighted by molar-refractivity contribution is 8.02. The summed E-state index contributed by atoms with van der Waals surface area (Å²) >= 11 is 20.1. The van der Waals surface area contributed by atoms with Crippen LogP contribution < -0.4 is 9.47 Å². The fourth-order valence-electron chi connectivity index (χ4n) is 4.90. The van der Waals surface area contributed by atoms with Crippen molar-refractivity contribution in [1.82, 2.24) is 9.29 Å². The minimum atomic E-state index is -4.00. The van der Waals surface area contributed by atoms with Crippen LogP contribution in [0.25, 0.3) is 0 Å². The molecule has 2 aromatic rings. The Morgan fingerprint density at radius 3 is 2.57 bits per heavy atom. The van der Waals surface area contributed by atoms with Gasteiger partial charge in [0, 0.05) is 36.1 Å². The number of hydrogen-bond acceptors (Lipinski definition) is 8. The summed E-state index contributed by atoms with van der Waals surface area (Å²) in [7, 11) is -4.00. The van der Waals surface area contributed by atoms with E-state index in [1.807, 2.05) is 0 Å². The molecule has 1 aromatic heterocycles. The van der Waals surface area contributed by atoms with Crippen LogP contribution in [-0.4, -0.2) is 59.8 Å². The van der Waals surface area contributed by atoms with E-state index in [-0.39, 0.29) is 40.4 Å². The Kier molecular flexibility index (Phi) is 10.7. The quantitative estimate of drug-likeness (QED) is 0.218. The van der Waals surface area contributed by atoms with Crippen LogP contribution >= 0.6 is 46.6 Å². The number of nitrogens with zero attached hydrogens (tertiary/aromatic N) is 2. The lowest BCUT2D eigenvalue weighted by molar-refractivity contribution is -0.150. The van der Waals surface area contributed by atoms with Crippen molar-refractivity contribution >= 4 is 62.6 Å². The molecule has 3 unspecified atom stereocenters. The van der Waals surface area contributed by atoms with Crippen LogP contribution in [-0.2, 0) is 26.0 Å². The molecule has 1 saturated heterocycles. The van der Waals surface area contributed by atoms with Gasteiger partial charge in [-0.15, -0.1) is 11.8 Å². The molecule has 2 fully saturated rings. The van der Waals surface area contributed by atoms with E-state index < -0.39 is 39.3 Å². The summed E-state index contributed by atoms with van der Waals surface area (Å²) in [5.74, 6) is -0.578. The third kappa shape index (κ3) is 7.82.